The Balaban J connectivity index is 0.000000191. The van der Waals surface area contributed by atoms with Crippen molar-refractivity contribution in [2.75, 3.05) is 7.11 Å². The predicted molar refractivity (Wildman–Crippen MR) is 219 cm³/mol. The number of hydrogen-bond acceptors (Lipinski definition) is 6. The summed E-state index contributed by atoms with van der Waals surface area (Å²) in [6.07, 6.45) is 10.6. The predicted octanol–water partition coefficient (Wildman–Crippen LogP) is 11.5. The summed E-state index contributed by atoms with van der Waals surface area (Å²) in [7, 11) is 1.36. The van der Waals surface area contributed by atoms with E-state index in [0.717, 1.165) is 53.9 Å². The third-order valence-corrected chi connectivity index (χ3v) is 9.64. The second-order valence-electron chi connectivity index (χ2n) is 11.2. The lowest BCUT2D eigenvalue weighted by molar-refractivity contribution is 0.0602. The van der Waals surface area contributed by atoms with Crippen LogP contribution in [0.25, 0.3) is 43.6 Å². The molecule has 6 heterocycles. The van der Waals surface area contributed by atoms with Crippen LogP contribution in [0.5, 0.6) is 0 Å². The van der Waals surface area contributed by atoms with Gasteiger partial charge in [0.05, 0.1) is 57.2 Å². The number of fused-ring (bicyclic) bond motifs is 4. The van der Waals surface area contributed by atoms with Crippen LogP contribution in [0.1, 0.15) is 36.3 Å². The third-order valence-electron chi connectivity index (χ3n) is 7.96. The van der Waals surface area contributed by atoms with Gasteiger partial charge in [-0.3, -0.25) is 9.97 Å². The minimum Gasteiger partial charge on any atom is -0.465 e. The van der Waals surface area contributed by atoms with Gasteiger partial charge < -0.3 is 13.9 Å². The number of pyridine rings is 4. The molecule has 8 rings (SSSR count). The van der Waals surface area contributed by atoms with Crippen LogP contribution >= 0.6 is 69.0 Å². The molecule has 0 N–H and O–H groups in total. The molecule has 8 aromatic rings. The topological polar surface area (TPSA) is 87.7 Å². The molecule has 0 spiro atoms. The number of benzene rings is 2. The van der Waals surface area contributed by atoms with E-state index in [9.17, 15) is 4.79 Å². The van der Waals surface area contributed by atoms with Crippen molar-refractivity contribution < 1.29 is 9.53 Å². The van der Waals surface area contributed by atoms with Crippen LogP contribution in [0.2, 0.25) is 20.4 Å². The Kier molecular flexibility index (Phi) is 12.1. The van der Waals surface area contributed by atoms with Crippen molar-refractivity contribution in [3.63, 3.8) is 0 Å². The first-order valence-electron chi connectivity index (χ1n) is 14.8. The van der Waals surface area contributed by atoms with Gasteiger partial charge in [0.2, 0.25) is 0 Å². The van der Waals surface area contributed by atoms with Crippen LogP contribution in [0.3, 0.4) is 0 Å². The molecule has 0 fully saturated rings. The molecule has 260 valence electrons. The second kappa shape index (κ2) is 16.1. The quantitative estimate of drug-likeness (QED) is 0.0972. The summed E-state index contributed by atoms with van der Waals surface area (Å²) in [4.78, 5) is 29.1. The molecule has 8 nitrogen and oxygen atoms in total. The molecule has 0 unspecified atom stereocenters. The van der Waals surface area contributed by atoms with Gasteiger partial charge in [0, 0.05) is 63.0 Å². The Morgan fingerprint density at radius 2 is 1.16 bits per heavy atom. The highest BCUT2D eigenvalue weighted by Gasteiger charge is 2.17. The van der Waals surface area contributed by atoms with Crippen molar-refractivity contribution in [2.45, 2.75) is 27.9 Å². The number of carbonyl (C=O) groups excluding carboxylic acids is 1. The highest BCUT2D eigenvalue weighted by Crippen LogP contribution is 2.28. The van der Waals surface area contributed by atoms with E-state index in [4.69, 9.17) is 51.1 Å². The van der Waals surface area contributed by atoms with Gasteiger partial charge >= 0.3 is 5.97 Å². The molecule has 0 atom stereocenters. The fraction of sp³-hybridized carbons (Fsp3) is 0.132. The molecule has 0 amide bonds. The maximum Gasteiger partial charge on any atom is 0.340 e. The summed E-state index contributed by atoms with van der Waals surface area (Å²) >= 11 is 26.4. The standard InChI is InChI=1S/C19H13Cl2N3O2.C17H10Cl2IN3.2CH4/c1-26-19(25)15-10-24(17-8-23-18(21)6-14(15)17)9-11-2-3-16-12(4-11)5-13(20)7-22-16;18-12-4-11-3-10(1-2-15(11)21-6-12)8-23-9-14(20)13-5-17(19)22-7-16(13)23;;/h2-8,10H,9H2,1H3;1-7,9H,8H2;2*1H4. The molecule has 51 heavy (non-hydrogen) atoms. The van der Waals surface area contributed by atoms with Crippen molar-refractivity contribution >= 4 is 119 Å². The molecule has 6 aromatic heterocycles. The first-order chi connectivity index (χ1) is 23.6. The third kappa shape index (κ3) is 8.23. The van der Waals surface area contributed by atoms with Gasteiger partial charge in [-0.25, -0.2) is 14.8 Å². The lowest BCUT2D eigenvalue weighted by Gasteiger charge is -2.07. The van der Waals surface area contributed by atoms with Crippen LogP contribution in [-0.4, -0.2) is 42.1 Å². The number of carbonyl (C=O) groups is 1. The Morgan fingerprint density at radius 3 is 1.69 bits per heavy atom. The number of nitrogens with zero attached hydrogens (tertiary/aromatic N) is 6. The average Bonchev–Trinajstić information content (AvgIpc) is 3.59. The molecule has 0 saturated carbocycles. The van der Waals surface area contributed by atoms with Crippen molar-refractivity contribution in [3.8, 4) is 0 Å². The van der Waals surface area contributed by atoms with Gasteiger partial charge in [-0.1, -0.05) is 73.4 Å². The number of rotatable bonds is 5. The Morgan fingerprint density at radius 1 is 0.667 bits per heavy atom. The average molecular weight is 872 g/mol. The second-order valence-corrected chi connectivity index (χ2v) is 14.0. The van der Waals surface area contributed by atoms with Crippen molar-refractivity contribution in [3.05, 3.63) is 138 Å². The zero-order valence-corrected chi connectivity index (χ0v) is 30.7. The summed E-state index contributed by atoms with van der Waals surface area (Å²) in [6.45, 7) is 1.31. The van der Waals surface area contributed by atoms with Crippen LogP contribution in [0, 0.1) is 3.57 Å². The largest absolute Gasteiger partial charge is 0.465 e. The number of methoxy groups -OCH3 is 1. The maximum atomic E-state index is 12.1. The highest BCUT2D eigenvalue weighted by molar-refractivity contribution is 14.1. The smallest absolute Gasteiger partial charge is 0.340 e. The normalized spacial score (nSPS) is 10.9. The van der Waals surface area contributed by atoms with E-state index in [2.05, 4.69) is 65.4 Å². The van der Waals surface area contributed by atoms with E-state index in [0.29, 0.717) is 37.8 Å². The van der Waals surface area contributed by atoms with Gasteiger partial charge in [-0.05, 0) is 82.2 Å². The number of halogens is 5. The number of esters is 1. The first kappa shape index (κ1) is 38.2. The molecule has 0 aliphatic carbocycles. The summed E-state index contributed by atoms with van der Waals surface area (Å²) in [5.74, 6) is -0.412. The van der Waals surface area contributed by atoms with E-state index >= 15 is 0 Å². The van der Waals surface area contributed by atoms with Crippen LogP contribution < -0.4 is 0 Å². The summed E-state index contributed by atoms with van der Waals surface area (Å²) < 4.78 is 10.2. The lowest BCUT2D eigenvalue weighted by atomic mass is 10.1. The van der Waals surface area contributed by atoms with Crippen LogP contribution in [0.15, 0.2) is 97.8 Å². The van der Waals surface area contributed by atoms with Gasteiger partial charge in [0.25, 0.3) is 0 Å². The molecule has 0 radical (unpaired) electrons. The Bertz CT molecular complexity index is 2550. The molecule has 0 bridgehead atoms. The SMILES string of the molecule is C.C.COC(=O)c1cn(Cc2ccc3ncc(Cl)cc3c2)c2cnc(Cl)cc12.Clc1cnc2ccc(Cn3cc(I)c4cc(Cl)ncc43)cc2c1. The van der Waals surface area contributed by atoms with Gasteiger partial charge in [-0.15, -0.1) is 0 Å². The van der Waals surface area contributed by atoms with Crippen molar-refractivity contribution in [1.29, 1.82) is 0 Å². The minimum absolute atomic E-state index is 0. The molecule has 13 heteroatoms. The van der Waals surface area contributed by atoms with Gasteiger partial charge in [-0.2, -0.15) is 0 Å². The zero-order valence-electron chi connectivity index (χ0n) is 25.5. The summed E-state index contributed by atoms with van der Waals surface area (Å²) in [5, 5.41) is 5.91. The van der Waals surface area contributed by atoms with Gasteiger partial charge in [0.1, 0.15) is 10.3 Å². The van der Waals surface area contributed by atoms with E-state index in [1.807, 2.05) is 53.2 Å². The molecular weight excluding hydrogens is 841 g/mol. The molecular formula is C38H31Cl4IN6O2. The van der Waals surface area contributed by atoms with E-state index in [-0.39, 0.29) is 14.9 Å². The molecule has 0 aliphatic heterocycles. The first-order valence-corrected chi connectivity index (χ1v) is 17.3. The van der Waals surface area contributed by atoms with Crippen LogP contribution in [0.4, 0.5) is 0 Å². The molecule has 0 saturated heterocycles. The number of aromatic nitrogens is 6. The molecule has 2 aromatic carbocycles. The van der Waals surface area contributed by atoms with Gasteiger partial charge in [0.15, 0.2) is 0 Å². The summed E-state index contributed by atoms with van der Waals surface area (Å²) in [6, 6.07) is 19.6. The van der Waals surface area contributed by atoms with Crippen LogP contribution in [-0.2, 0) is 17.8 Å². The number of hydrogen-bond donors (Lipinski definition) is 0. The van der Waals surface area contributed by atoms with E-state index in [1.54, 1.807) is 30.9 Å². The Hall–Kier alpha value is -4.00. The maximum absolute atomic E-state index is 12.1. The lowest BCUT2D eigenvalue weighted by Crippen LogP contribution is -2.01. The summed E-state index contributed by atoms with van der Waals surface area (Å²) in [5.41, 5.74) is 6.38. The fourth-order valence-corrected chi connectivity index (χ4v) is 7.13. The van der Waals surface area contributed by atoms with Crippen molar-refractivity contribution in [2.24, 2.45) is 0 Å². The van der Waals surface area contributed by atoms with E-state index < -0.39 is 5.97 Å². The Labute approximate surface area is 328 Å². The molecule has 0 aliphatic rings. The number of ether oxygens (including phenoxy) is 1. The minimum atomic E-state index is -0.412. The highest BCUT2D eigenvalue weighted by atomic mass is 127. The van der Waals surface area contributed by atoms with E-state index in [1.165, 1.54) is 12.7 Å². The monoisotopic (exact) mass is 870 g/mol. The zero-order chi connectivity index (χ0) is 34.2. The fourth-order valence-electron chi connectivity index (χ4n) is 5.71. The van der Waals surface area contributed by atoms with Crippen molar-refractivity contribution in [1.82, 2.24) is 29.1 Å².